The molecule has 0 saturated heterocycles. The topological polar surface area (TPSA) is 18.5 Å². The van der Waals surface area contributed by atoms with Gasteiger partial charge in [0.25, 0.3) is 0 Å². The second-order valence-electron chi connectivity index (χ2n) is 10.3. The number of unbranched alkanes of at least 4 members (excludes halogenated alkanes) is 10. The first-order valence-corrected chi connectivity index (χ1v) is 15.4. The van der Waals surface area contributed by atoms with Gasteiger partial charge in [0.2, 0.25) is 0 Å². The number of rotatable bonds is 17. The predicted octanol–water partition coefficient (Wildman–Crippen LogP) is 8.60. The molecule has 0 aromatic heterocycles. The van der Waals surface area contributed by atoms with Crippen molar-refractivity contribution in [3.8, 4) is 0 Å². The summed E-state index contributed by atoms with van der Waals surface area (Å²) in [6.45, 7) is 15.2. The Morgan fingerprint density at radius 3 is 1.73 bits per heavy atom. The summed E-state index contributed by atoms with van der Waals surface area (Å²) in [5, 5.41) is 0. The first kappa shape index (κ1) is 27.4. The first-order valence-electron chi connectivity index (χ1n) is 12.7. The second-order valence-corrected chi connectivity index (χ2v) is 12.6. The van der Waals surface area contributed by atoms with E-state index in [0.717, 1.165) is 13.2 Å². The number of ether oxygens (including phenoxy) is 1. The highest BCUT2D eigenvalue weighted by molar-refractivity contribution is 6.48. The molecule has 1 aromatic rings. The summed E-state index contributed by atoms with van der Waals surface area (Å²) >= 11 is 0. The number of hydrogen-bond acceptors (Lipinski definition) is 2. The molecule has 0 bridgehead atoms. The van der Waals surface area contributed by atoms with Crippen molar-refractivity contribution in [2.75, 3.05) is 6.61 Å². The Morgan fingerprint density at radius 1 is 0.767 bits per heavy atom. The molecule has 0 saturated carbocycles. The van der Waals surface area contributed by atoms with Gasteiger partial charge in [0.05, 0.1) is 12.7 Å². The standard InChI is InChI=1S/C27H50O2Si/c1-7-8-9-10-11-12-13-14-15-16-17-22-28-23-24-18-20-25(21-19-24)26(27(2,3)4)29-30(5)6/h18-21,26,30H,7-17,22-23H2,1-6H3. The Bertz CT molecular complexity index is 519. The summed E-state index contributed by atoms with van der Waals surface area (Å²) in [5.74, 6) is 0. The summed E-state index contributed by atoms with van der Waals surface area (Å²) in [4.78, 5) is 0. The number of hydrogen-bond donors (Lipinski definition) is 0. The highest BCUT2D eigenvalue weighted by Gasteiger charge is 2.27. The Morgan fingerprint density at radius 2 is 1.27 bits per heavy atom. The predicted molar refractivity (Wildman–Crippen MR) is 135 cm³/mol. The highest BCUT2D eigenvalue weighted by atomic mass is 28.3. The van der Waals surface area contributed by atoms with Crippen molar-refractivity contribution in [3.05, 3.63) is 35.4 Å². The van der Waals surface area contributed by atoms with E-state index in [1.165, 1.54) is 81.8 Å². The first-order chi connectivity index (χ1) is 14.3. The van der Waals surface area contributed by atoms with Crippen LogP contribution in [0, 0.1) is 5.41 Å². The van der Waals surface area contributed by atoms with Crippen LogP contribution >= 0.6 is 0 Å². The van der Waals surface area contributed by atoms with Crippen molar-refractivity contribution in [2.24, 2.45) is 5.41 Å². The molecule has 0 aliphatic heterocycles. The molecule has 2 nitrogen and oxygen atoms in total. The quantitative estimate of drug-likeness (QED) is 0.180. The molecule has 0 heterocycles. The van der Waals surface area contributed by atoms with Crippen LogP contribution in [0.4, 0.5) is 0 Å². The van der Waals surface area contributed by atoms with Gasteiger partial charge >= 0.3 is 0 Å². The van der Waals surface area contributed by atoms with E-state index in [2.05, 4.69) is 65.1 Å². The van der Waals surface area contributed by atoms with Crippen LogP contribution in [0.15, 0.2) is 24.3 Å². The highest BCUT2D eigenvalue weighted by Crippen LogP contribution is 2.36. The van der Waals surface area contributed by atoms with E-state index in [1.807, 2.05) is 0 Å². The smallest absolute Gasteiger partial charge is 0.171 e. The third-order valence-corrected chi connectivity index (χ3v) is 6.45. The molecule has 0 spiro atoms. The van der Waals surface area contributed by atoms with Gasteiger partial charge in [-0.2, -0.15) is 0 Å². The van der Waals surface area contributed by atoms with Crippen molar-refractivity contribution in [2.45, 2.75) is 124 Å². The van der Waals surface area contributed by atoms with Crippen LogP contribution in [0.2, 0.25) is 13.1 Å². The Kier molecular flexibility index (Phi) is 14.7. The molecule has 30 heavy (non-hydrogen) atoms. The summed E-state index contributed by atoms with van der Waals surface area (Å²) in [5.41, 5.74) is 2.67. The fourth-order valence-corrected chi connectivity index (χ4v) is 5.01. The van der Waals surface area contributed by atoms with Crippen LogP contribution in [0.5, 0.6) is 0 Å². The van der Waals surface area contributed by atoms with Crippen LogP contribution in [0.1, 0.15) is 116 Å². The van der Waals surface area contributed by atoms with Crippen LogP contribution in [-0.2, 0) is 15.8 Å². The summed E-state index contributed by atoms with van der Waals surface area (Å²) < 4.78 is 12.2. The zero-order valence-corrected chi connectivity index (χ0v) is 22.1. The molecule has 0 aliphatic carbocycles. The van der Waals surface area contributed by atoms with Crippen LogP contribution in [0.25, 0.3) is 0 Å². The Balaban J connectivity index is 2.14. The van der Waals surface area contributed by atoms with Gasteiger partial charge in [-0.05, 0) is 36.1 Å². The zero-order valence-electron chi connectivity index (χ0n) is 21.0. The largest absolute Gasteiger partial charge is 0.413 e. The average molecular weight is 435 g/mol. The van der Waals surface area contributed by atoms with Crippen molar-refractivity contribution >= 4 is 9.04 Å². The van der Waals surface area contributed by atoms with Crippen LogP contribution < -0.4 is 0 Å². The van der Waals surface area contributed by atoms with Gasteiger partial charge in [-0.15, -0.1) is 0 Å². The van der Waals surface area contributed by atoms with Gasteiger partial charge in [-0.3, -0.25) is 0 Å². The average Bonchev–Trinajstić information content (AvgIpc) is 2.69. The molecule has 0 N–H and O–H groups in total. The van der Waals surface area contributed by atoms with Gasteiger partial charge in [0, 0.05) is 6.61 Å². The second kappa shape index (κ2) is 16.1. The molecule has 0 radical (unpaired) electrons. The van der Waals surface area contributed by atoms with Gasteiger partial charge in [-0.1, -0.05) is 116 Å². The van der Waals surface area contributed by atoms with E-state index in [4.69, 9.17) is 9.16 Å². The molecule has 1 unspecified atom stereocenters. The van der Waals surface area contributed by atoms with Crippen molar-refractivity contribution < 1.29 is 9.16 Å². The lowest BCUT2D eigenvalue weighted by molar-refractivity contribution is 0.0864. The fourth-order valence-electron chi connectivity index (χ4n) is 3.90. The molecule has 1 atom stereocenters. The minimum atomic E-state index is -1.08. The molecular weight excluding hydrogens is 384 g/mol. The normalized spacial score (nSPS) is 13.2. The molecule has 1 aromatic carbocycles. The number of benzene rings is 1. The minimum Gasteiger partial charge on any atom is -0.413 e. The SMILES string of the molecule is CCCCCCCCCCCCCOCc1ccc(C(O[SiH](C)C)C(C)(C)C)cc1. The summed E-state index contributed by atoms with van der Waals surface area (Å²) in [6, 6.07) is 8.88. The molecular formula is C27H50O2Si. The summed E-state index contributed by atoms with van der Waals surface area (Å²) in [6.07, 6.45) is 15.3. The maximum atomic E-state index is 6.33. The third-order valence-electron chi connectivity index (χ3n) is 5.64. The van der Waals surface area contributed by atoms with E-state index >= 15 is 0 Å². The molecule has 3 heteroatoms. The molecule has 0 fully saturated rings. The molecule has 0 aliphatic rings. The van der Waals surface area contributed by atoms with Crippen molar-refractivity contribution in [1.82, 2.24) is 0 Å². The lowest BCUT2D eigenvalue weighted by Crippen LogP contribution is -2.25. The van der Waals surface area contributed by atoms with E-state index in [0.29, 0.717) is 0 Å². The van der Waals surface area contributed by atoms with Gasteiger partial charge in [0.15, 0.2) is 9.04 Å². The van der Waals surface area contributed by atoms with E-state index in [1.54, 1.807) is 0 Å². The maximum absolute atomic E-state index is 6.33. The molecule has 174 valence electrons. The molecule has 1 rings (SSSR count). The van der Waals surface area contributed by atoms with Gasteiger partial charge < -0.3 is 9.16 Å². The van der Waals surface area contributed by atoms with Crippen molar-refractivity contribution in [3.63, 3.8) is 0 Å². The van der Waals surface area contributed by atoms with Crippen LogP contribution in [-0.4, -0.2) is 15.6 Å². The minimum absolute atomic E-state index is 0.115. The van der Waals surface area contributed by atoms with Gasteiger partial charge in [0.1, 0.15) is 0 Å². The lowest BCUT2D eigenvalue weighted by atomic mass is 9.84. The zero-order chi connectivity index (χ0) is 22.2. The Labute approximate surface area is 189 Å². The van der Waals surface area contributed by atoms with E-state index in [9.17, 15) is 0 Å². The van der Waals surface area contributed by atoms with Gasteiger partial charge in [-0.25, -0.2) is 0 Å². The van der Waals surface area contributed by atoms with Crippen LogP contribution in [0.3, 0.4) is 0 Å². The molecule has 0 amide bonds. The maximum Gasteiger partial charge on any atom is 0.171 e. The van der Waals surface area contributed by atoms with Crippen molar-refractivity contribution in [1.29, 1.82) is 0 Å². The Hall–Kier alpha value is -0.643. The lowest BCUT2D eigenvalue weighted by Gasteiger charge is -2.33. The third kappa shape index (κ3) is 12.9. The van der Waals surface area contributed by atoms with E-state index < -0.39 is 9.04 Å². The summed E-state index contributed by atoms with van der Waals surface area (Å²) in [7, 11) is -1.08. The monoisotopic (exact) mass is 434 g/mol. The fraction of sp³-hybridized carbons (Fsp3) is 0.778. The van der Waals surface area contributed by atoms with E-state index in [-0.39, 0.29) is 11.5 Å².